The molecular formula is C18H31N5O. The van der Waals surface area contributed by atoms with Gasteiger partial charge in [-0.2, -0.15) is 0 Å². The predicted molar refractivity (Wildman–Crippen MR) is 96.6 cm³/mol. The highest BCUT2D eigenvalue weighted by atomic mass is 16.5. The number of anilines is 1. The number of nitrogens with zero attached hydrogens (tertiary/aromatic N) is 4. The van der Waals surface area contributed by atoms with Crippen LogP contribution in [-0.4, -0.2) is 71.7 Å². The number of likely N-dealkylation sites (tertiary alicyclic amines) is 2. The fraction of sp³-hybridized carbons (Fsp3) is 0.778. The molecule has 24 heavy (non-hydrogen) atoms. The van der Waals surface area contributed by atoms with E-state index >= 15 is 0 Å². The molecule has 1 aromatic rings. The lowest BCUT2D eigenvalue weighted by Crippen LogP contribution is -2.59. The second-order valence-electron chi connectivity index (χ2n) is 7.10. The number of nitrogens with one attached hydrogen (secondary N) is 1. The van der Waals surface area contributed by atoms with E-state index in [2.05, 4.69) is 32.1 Å². The van der Waals surface area contributed by atoms with Crippen LogP contribution < -0.4 is 10.1 Å². The SMILES string of the molecule is CCOc1cc(NCC2(N3CCCCC3)CCN(C)CC2)ncn1. The molecule has 0 bridgehead atoms. The fourth-order valence-electron chi connectivity index (χ4n) is 3.93. The van der Waals surface area contributed by atoms with Gasteiger partial charge in [-0.15, -0.1) is 0 Å². The second kappa shape index (κ2) is 8.12. The zero-order valence-corrected chi connectivity index (χ0v) is 15.1. The molecule has 0 radical (unpaired) electrons. The van der Waals surface area contributed by atoms with Gasteiger partial charge >= 0.3 is 0 Å². The van der Waals surface area contributed by atoms with Gasteiger partial charge in [0.25, 0.3) is 0 Å². The van der Waals surface area contributed by atoms with Crippen molar-refractivity contribution in [3.05, 3.63) is 12.4 Å². The number of aromatic nitrogens is 2. The maximum Gasteiger partial charge on any atom is 0.218 e. The fourth-order valence-corrected chi connectivity index (χ4v) is 3.93. The summed E-state index contributed by atoms with van der Waals surface area (Å²) >= 11 is 0. The molecular weight excluding hydrogens is 302 g/mol. The Balaban J connectivity index is 1.68. The third kappa shape index (κ3) is 4.16. The van der Waals surface area contributed by atoms with Crippen LogP contribution in [0.1, 0.15) is 39.0 Å². The minimum atomic E-state index is 0.254. The molecule has 134 valence electrons. The van der Waals surface area contributed by atoms with Gasteiger partial charge in [0, 0.05) is 18.2 Å². The van der Waals surface area contributed by atoms with Gasteiger partial charge in [-0.3, -0.25) is 4.90 Å². The summed E-state index contributed by atoms with van der Waals surface area (Å²) in [5, 5.41) is 3.57. The van der Waals surface area contributed by atoms with Crippen molar-refractivity contribution < 1.29 is 4.74 Å². The van der Waals surface area contributed by atoms with E-state index in [0.717, 1.165) is 12.4 Å². The maximum atomic E-state index is 5.49. The van der Waals surface area contributed by atoms with Crippen LogP contribution in [0.15, 0.2) is 12.4 Å². The van der Waals surface area contributed by atoms with Crippen molar-refractivity contribution in [1.82, 2.24) is 19.8 Å². The van der Waals surface area contributed by atoms with Crippen LogP contribution in [0.2, 0.25) is 0 Å². The minimum absolute atomic E-state index is 0.254. The van der Waals surface area contributed by atoms with Crippen molar-refractivity contribution in [2.24, 2.45) is 0 Å². The number of rotatable bonds is 6. The van der Waals surface area contributed by atoms with Crippen molar-refractivity contribution in [3.8, 4) is 5.88 Å². The van der Waals surface area contributed by atoms with E-state index in [-0.39, 0.29) is 5.54 Å². The van der Waals surface area contributed by atoms with Gasteiger partial charge in [0.1, 0.15) is 12.1 Å². The molecule has 2 aliphatic rings. The summed E-state index contributed by atoms with van der Waals surface area (Å²) in [7, 11) is 2.23. The van der Waals surface area contributed by atoms with Gasteiger partial charge in [-0.1, -0.05) is 6.42 Å². The Morgan fingerprint density at radius 3 is 2.58 bits per heavy atom. The van der Waals surface area contributed by atoms with Crippen molar-refractivity contribution in [2.45, 2.75) is 44.6 Å². The molecule has 0 aliphatic carbocycles. The van der Waals surface area contributed by atoms with E-state index in [1.807, 2.05) is 13.0 Å². The van der Waals surface area contributed by atoms with Crippen molar-refractivity contribution in [2.75, 3.05) is 51.7 Å². The molecule has 0 atom stereocenters. The largest absolute Gasteiger partial charge is 0.478 e. The lowest BCUT2D eigenvalue weighted by molar-refractivity contribution is 0.0234. The summed E-state index contributed by atoms with van der Waals surface area (Å²) in [6, 6.07) is 1.91. The summed E-state index contributed by atoms with van der Waals surface area (Å²) < 4.78 is 5.49. The first kappa shape index (κ1) is 17.4. The van der Waals surface area contributed by atoms with Crippen molar-refractivity contribution in [1.29, 1.82) is 0 Å². The Kier molecular flexibility index (Phi) is 5.89. The van der Waals surface area contributed by atoms with Gasteiger partial charge < -0.3 is 15.0 Å². The Bertz CT molecular complexity index is 510. The summed E-state index contributed by atoms with van der Waals surface area (Å²) in [5.41, 5.74) is 0.254. The Morgan fingerprint density at radius 2 is 1.88 bits per heavy atom. The van der Waals surface area contributed by atoms with Crippen molar-refractivity contribution in [3.63, 3.8) is 0 Å². The first-order valence-electron chi connectivity index (χ1n) is 9.34. The van der Waals surface area contributed by atoms with Crippen LogP contribution >= 0.6 is 0 Å². The van der Waals surface area contributed by atoms with Crippen LogP contribution in [0.3, 0.4) is 0 Å². The molecule has 1 N–H and O–H groups in total. The average molecular weight is 333 g/mol. The summed E-state index contributed by atoms with van der Waals surface area (Å²) in [4.78, 5) is 13.7. The number of hydrogen-bond donors (Lipinski definition) is 1. The van der Waals surface area contributed by atoms with Crippen LogP contribution in [-0.2, 0) is 0 Å². The minimum Gasteiger partial charge on any atom is -0.478 e. The Morgan fingerprint density at radius 1 is 1.12 bits per heavy atom. The molecule has 2 saturated heterocycles. The molecule has 0 amide bonds. The van der Waals surface area contributed by atoms with Gasteiger partial charge in [0.05, 0.1) is 6.61 Å². The standard InChI is InChI=1S/C18H31N5O/c1-3-24-17-13-16(20-15-21-17)19-14-18(7-11-22(2)12-8-18)23-9-5-4-6-10-23/h13,15H,3-12,14H2,1-2H3,(H,19,20,21). The first-order chi connectivity index (χ1) is 11.7. The molecule has 2 fully saturated rings. The highest BCUT2D eigenvalue weighted by Crippen LogP contribution is 2.31. The van der Waals surface area contributed by atoms with Gasteiger partial charge in [-0.05, 0) is 65.8 Å². The predicted octanol–water partition coefficient (Wildman–Crippen LogP) is 2.24. The zero-order valence-electron chi connectivity index (χ0n) is 15.1. The lowest BCUT2D eigenvalue weighted by Gasteiger charge is -2.50. The Hall–Kier alpha value is -1.40. The number of hydrogen-bond acceptors (Lipinski definition) is 6. The van der Waals surface area contributed by atoms with Crippen LogP contribution in [0.25, 0.3) is 0 Å². The summed E-state index contributed by atoms with van der Waals surface area (Å²) in [5.74, 6) is 1.51. The molecule has 2 aliphatic heterocycles. The molecule has 6 nitrogen and oxygen atoms in total. The van der Waals surface area contributed by atoms with Gasteiger partial charge in [-0.25, -0.2) is 9.97 Å². The summed E-state index contributed by atoms with van der Waals surface area (Å²) in [6.45, 7) is 8.36. The van der Waals surface area contributed by atoms with E-state index in [9.17, 15) is 0 Å². The topological polar surface area (TPSA) is 53.5 Å². The molecule has 6 heteroatoms. The Labute approximate surface area is 145 Å². The molecule has 3 heterocycles. The van der Waals surface area contributed by atoms with Crippen LogP contribution in [0, 0.1) is 0 Å². The molecule has 0 unspecified atom stereocenters. The molecule has 0 saturated carbocycles. The van der Waals surface area contributed by atoms with Crippen LogP contribution in [0.5, 0.6) is 5.88 Å². The maximum absolute atomic E-state index is 5.49. The highest BCUT2D eigenvalue weighted by Gasteiger charge is 2.39. The average Bonchev–Trinajstić information content (AvgIpc) is 2.63. The molecule has 1 aromatic heterocycles. The van der Waals surface area contributed by atoms with E-state index in [4.69, 9.17) is 4.74 Å². The van der Waals surface area contributed by atoms with Crippen LogP contribution in [0.4, 0.5) is 5.82 Å². The van der Waals surface area contributed by atoms with Gasteiger partial charge in [0.15, 0.2) is 0 Å². The zero-order chi connectivity index (χ0) is 16.8. The highest BCUT2D eigenvalue weighted by molar-refractivity contribution is 5.37. The van der Waals surface area contributed by atoms with E-state index < -0.39 is 0 Å². The molecule has 0 spiro atoms. The van der Waals surface area contributed by atoms with E-state index in [0.29, 0.717) is 12.5 Å². The van der Waals surface area contributed by atoms with Crippen molar-refractivity contribution >= 4 is 5.82 Å². The van der Waals surface area contributed by atoms with E-state index in [1.54, 1.807) is 6.33 Å². The normalized spacial score (nSPS) is 22.2. The smallest absolute Gasteiger partial charge is 0.218 e. The quantitative estimate of drug-likeness (QED) is 0.862. The number of piperidine rings is 2. The number of ether oxygens (including phenoxy) is 1. The molecule has 0 aromatic carbocycles. The summed E-state index contributed by atoms with van der Waals surface area (Å²) in [6.07, 6.45) is 8.07. The first-order valence-corrected chi connectivity index (χ1v) is 9.34. The monoisotopic (exact) mass is 333 g/mol. The lowest BCUT2D eigenvalue weighted by atomic mass is 9.84. The van der Waals surface area contributed by atoms with E-state index in [1.165, 1.54) is 58.3 Å². The van der Waals surface area contributed by atoms with Gasteiger partial charge in [0.2, 0.25) is 5.88 Å². The second-order valence-corrected chi connectivity index (χ2v) is 7.10. The molecule has 3 rings (SSSR count). The third-order valence-electron chi connectivity index (χ3n) is 5.48. The third-order valence-corrected chi connectivity index (χ3v) is 5.48.